The van der Waals surface area contributed by atoms with Crippen molar-refractivity contribution in [1.29, 1.82) is 0 Å². The number of ether oxygens (including phenoxy) is 1. The molecule has 6 nitrogen and oxygen atoms in total. The van der Waals surface area contributed by atoms with Crippen molar-refractivity contribution in [3.63, 3.8) is 0 Å². The molecule has 3 heterocycles. The lowest BCUT2D eigenvalue weighted by Crippen LogP contribution is -2.38. The first-order valence-electron chi connectivity index (χ1n) is 9.23. The first-order chi connectivity index (χ1) is 13.5. The van der Waals surface area contributed by atoms with Crippen molar-refractivity contribution in [3.8, 4) is 5.69 Å². The molecule has 0 unspecified atom stereocenters. The number of likely N-dealkylation sites (tertiary alicyclic amines) is 1. The quantitative estimate of drug-likeness (QED) is 0.596. The molecule has 0 bridgehead atoms. The Labute approximate surface area is 171 Å². The normalized spacial score (nSPS) is 14.4. The molecule has 2 aromatic heterocycles. The van der Waals surface area contributed by atoms with Crippen LogP contribution in [0.5, 0.6) is 0 Å². The van der Waals surface area contributed by atoms with Gasteiger partial charge in [0, 0.05) is 23.5 Å². The van der Waals surface area contributed by atoms with E-state index in [2.05, 4.69) is 5.10 Å². The number of hydrogen-bond donors (Lipinski definition) is 0. The minimum absolute atomic E-state index is 0.127. The number of carbonyl (C=O) groups excluding carboxylic acids is 2. The first kappa shape index (κ1) is 19.0. The highest BCUT2D eigenvalue weighted by molar-refractivity contribution is 7.20. The summed E-state index contributed by atoms with van der Waals surface area (Å²) in [7, 11) is 0. The Morgan fingerprint density at radius 1 is 1.18 bits per heavy atom. The molecule has 28 heavy (non-hydrogen) atoms. The van der Waals surface area contributed by atoms with Crippen LogP contribution in [-0.4, -0.2) is 46.3 Å². The summed E-state index contributed by atoms with van der Waals surface area (Å²) >= 11 is 7.27. The molecule has 0 aliphatic carbocycles. The average molecular weight is 418 g/mol. The minimum atomic E-state index is -0.478. The number of piperidine rings is 1. The third-order valence-corrected chi connectivity index (χ3v) is 6.20. The second kappa shape index (κ2) is 7.93. The molecule has 0 atom stereocenters. The largest absolute Gasteiger partial charge is 0.451 e. The molecule has 0 N–H and O–H groups in total. The SMILES string of the molecule is Cc1nn(-c2ccc(Cl)cc2)c2sc(C(=O)OCC(=O)N3CCCCC3)cc12. The predicted molar refractivity (Wildman–Crippen MR) is 109 cm³/mol. The second-order valence-corrected chi connectivity index (χ2v) is 8.29. The van der Waals surface area contributed by atoms with Gasteiger partial charge in [-0.25, -0.2) is 9.48 Å². The lowest BCUT2D eigenvalue weighted by molar-refractivity contribution is -0.135. The number of hydrogen-bond acceptors (Lipinski definition) is 5. The summed E-state index contributed by atoms with van der Waals surface area (Å²) in [6, 6.07) is 9.14. The maximum absolute atomic E-state index is 12.5. The van der Waals surface area contributed by atoms with Crippen LogP contribution in [0.3, 0.4) is 0 Å². The summed E-state index contributed by atoms with van der Waals surface area (Å²) in [4.78, 5) is 27.8. The topological polar surface area (TPSA) is 64.4 Å². The molecular formula is C20H20ClN3O3S. The number of thiophene rings is 1. The van der Waals surface area contributed by atoms with E-state index >= 15 is 0 Å². The van der Waals surface area contributed by atoms with Crippen LogP contribution in [0, 0.1) is 6.92 Å². The van der Waals surface area contributed by atoms with Crippen molar-refractivity contribution in [2.75, 3.05) is 19.7 Å². The Kier molecular flexibility index (Phi) is 5.37. The van der Waals surface area contributed by atoms with E-state index in [1.165, 1.54) is 11.3 Å². The zero-order valence-electron chi connectivity index (χ0n) is 15.5. The molecule has 3 aromatic rings. The van der Waals surface area contributed by atoms with Crippen molar-refractivity contribution >= 4 is 45.0 Å². The van der Waals surface area contributed by atoms with Gasteiger partial charge in [-0.2, -0.15) is 5.10 Å². The van der Waals surface area contributed by atoms with Gasteiger partial charge in [0.05, 0.1) is 11.4 Å². The fourth-order valence-electron chi connectivity index (χ4n) is 3.34. The number of carbonyl (C=O) groups is 2. The third-order valence-electron chi connectivity index (χ3n) is 4.85. The molecule has 1 aliphatic rings. The Morgan fingerprint density at radius 2 is 1.89 bits per heavy atom. The van der Waals surface area contributed by atoms with E-state index in [0.29, 0.717) is 9.90 Å². The van der Waals surface area contributed by atoms with E-state index in [4.69, 9.17) is 16.3 Å². The fraction of sp³-hybridized carbons (Fsp3) is 0.350. The number of aromatic nitrogens is 2. The summed E-state index contributed by atoms with van der Waals surface area (Å²) in [6.07, 6.45) is 3.17. The lowest BCUT2D eigenvalue weighted by atomic mass is 10.1. The van der Waals surface area contributed by atoms with Gasteiger partial charge in [0.2, 0.25) is 0 Å². The maximum Gasteiger partial charge on any atom is 0.348 e. The van der Waals surface area contributed by atoms with E-state index in [9.17, 15) is 9.59 Å². The van der Waals surface area contributed by atoms with Crippen molar-refractivity contribution in [2.45, 2.75) is 26.2 Å². The second-order valence-electron chi connectivity index (χ2n) is 6.82. The predicted octanol–water partition coefficient (Wildman–Crippen LogP) is 4.22. The summed E-state index contributed by atoms with van der Waals surface area (Å²) in [5, 5.41) is 6.10. The Balaban J connectivity index is 1.51. The van der Waals surface area contributed by atoms with Crippen LogP contribution in [0.1, 0.15) is 34.6 Å². The van der Waals surface area contributed by atoms with E-state index in [-0.39, 0.29) is 12.5 Å². The van der Waals surface area contributed by atoms with Gasteiger partial charge in [-0.3, -0.25) is 4.79 Å². The van der Waals surface area contributed by atoms with Crippen molar-refractivity contribution < 1.29 is 14.3 Å². The molecule has 0 saturated carbocycles. The summed E-state index contributed by atoms with van der Waals surface area (Å²) in [6.45, 7) is 3.18. The van der Waals surface area contributed by atoms with E-state index in [1.807, 2.05) is 19.1 Å². The van der Waals surface area contributed by atoms with Gasteiger partial charge in [0.1, 0.15) is 9.71 Å². The van der Waals surface area contributed by atoms with E-state index in [1.54, 1.807) is 27.8 Å². The molecule has 8 heteroatoms. The van der Waals surface area contributed by atoms with Crippen LogP contribution in [0.2, 0.25) is 5.02 Å². The highest BCUT2D eigenvalue weighted by Crippen LogP contribution is 2.31. The molecule has 146 valence electrons. The molecule has 1 saturated heterocycles. The van der Waals surface area contributed by atoms with Crippen molar-refractivity contribution in [1.82, 2.24) is 14.7 Å². The van der Waals surface area contributed by atoms with Crippen LogP contribution in [0.25, 0.3) is 15.9 Å². The standard InChI is InChI=1S/C20H20ClN3O3S/c1-13-16-11-17(20(26)27-12-18(25)23-9-3-2-4-10-23)28-19(16)24(22-13)15-7-5-14(21)6-8-15/h5-8,11H,2-4,9-10,12H2,1H3. The van der Waals surface area contributed by atoms with E-state index < -0.39 is 5.97 Å². The summed E-state index contributed by atoms with van der Waals surface area (Å²) in [5.74, 6) is -0.605. The van der Waals surface area contributed by atoms with Gasteiger partial charge in [-0.15, -0.1) is 11.3 Å². The van der Waals surface area contributed by atoms with Crippen LogP contribution in [0.15, 0.2) is 30.3 Å². The van der Waals surface area contributed by atoms with Crippen molar-refractivity contribution in [3.05, 3.63) is 45.9 Å². The molecule has 1 amide bonds. The highest BCUT2D eigenvalue weighted by Gasteiger charge is 2.21. The molecule has 0 spiro atoms. The smallest absolute Gasteiger partial charge is 0.348 e. The molecular weight excluding hydrogens is 398 g/mol. The van der Waals surface area contributed by atoms with Crippen LogP contribution >= 0.6 is 22.9 Å². The number of rotatable bonds is 4. The summed E-state index contributed by atoms with van der Waals surface area (Å²) in [5.41, 5.74) is 1.69. The Hall–Kier alpha value is -2.38. The average Bonchev–Trinajstić information content (AvgIpc) is 3.28. The molecule has 1 fully saturated rings. The number of aryl methyl sites for hydroxylation is 1. The number of esters is 1. The highest BCUT2D eigenvalue weighted by atomic mass is 35.5. The zero-order valence-corrected chi connectivity index (χ0v) is 17.1. The fourth-order valence-corrected chi connectivity index (χ4v) is 4.54. The molecule has 1 aliphatic heterocycles. The lowest BCUT2D eigenvalue weighted by Gasteiger charge is -2.26. The third kappa shape index (κ3) is 3.77. The molecule has 1 aromatic carbocycles. The monoisotopic (exact) mass is 417 g/mol. The molecule has 0 radical (unpaired) electrons. The van der Waals surface area contributed by atoms with Crippen molar-refractivity contribution in [2.24, 2.45) is 0 Å². The van der Waals surface area contributed by atoms with Gasteiger partial charge < -0.3 is 9.64 Å². The van der Waals surface area contributed by atoms with Crippen LogP contribution < -0.4 is 0 Å². The van der Waals surface area contributed by atoms with Gasteiger partial charge in [-0.1, -0.05) is 11.6 Å². The van der Waals surface area contributed by atoms with Gasteiger partial charge in [-0.05, 0) is 56.5 Å². The Bertz CT molecular complexity index is 1020. The number of halogens is 1. The maximum atomic E-state index is 12.5. The van der Waals surface area contributed by atoms with Crippen LogP contribution in [0.4, 0.5) is 0 Å². The van der Waals surface area contributed by atoms with Gasteiger partial charge in [0.25, 0.3) is 5.91 Å². The van der Waals surface area contributed by atoms with Gasteiger partial charge >= 0.3 is 5.97 Å². The Morgan fingerprint density at radius 3 is 2.61 bits per heavy atom. The zero-order chi connectivity index (χ0) is 19.7. The summed E-state index contributed by atoms with van der Waals surface area (Å²) < 4.78 is 7.07. The van der Waals surface area contributed by atoms with Crippen LogP contribution in [-0.2, 0) is 9.53 Å². The number of nitrogens with zero attached hydrogens (tertiary/aromatic N) is 3. The first-order valence-corrected chi connectivity index (χ1v) is 10.4. The van der Waals surface area contributed by atoms with E-state index in [0.717, 1.165) is 53.9 Å². The number of amides is 1. The minimum Gasteiger partial charge on any atom is -0.451 e. The molecule has 4 rings (SSSR count). The number of fused-ring (bicyclic) bond motifs is 1. The van der Waals surface area contributed by atoms with Gasteiger partial charge in [0.15, 0.2) is 6.61 Å². The number of benzene rings is 1.